The van der Waals surface area contributed by atoms with Crippen molar-refractivity contribution in [2.24, 2.45) is 5.73 Å². The zero-order valence-electron chi connectivity index (χ0n) is 11.1. The minimum absolute atomic E-state index is 0.176. The first-order chi connectivity index (χ1) is 9.78. The van der Waals surface area contributed by atoms with Crippen LogP contribution in [0.15, 0.2) is 24.5 Å². The van der Waals surface area contributed by atoms with E-state index in [1.165, 1.54) is 12.4 Å². The van der Waals surface area contributed by atoms with Gasteiger partial charge in [-0.1, -0.05) is 6.07 Å². The first kappa shape index (κ1) is 13.0. The number of rotatable bonds is 3. The molecule has 1 heterocycles. The van der Waals surface area contributed by atoms with Gasteiger partial charge in [-0.15, -0.1) is 0 Å². The van der Waals surface area contributed by atoms with Gasteiger partial charge in [-0.05, 0) is 31.7 Å². The third-order valence-corrected chi connectivity index (χ3v) is 3.54. The molecule has 1 aromatic heterocycles. The molecular weight excluding hydrogens is 257 g/mol. The van der Waals surface area contributed by atoms with E-state index in [1.54, 1.807) is 12.1 Å². The van der Waals surface area contributed by atoms with Gasteiger partial charge < -0.3 is 10.5 Å². The van der Waals surface area contributed by atoms with E-state index in [0.717, 1.165) is 36.9 Å². The van der Waals surface area contributed by atoms with Gasteiger partial charge in [0.25, 0.3) is 0 Å². The van der Waals surface area contributed by atoms with E-state index in [4.69, 9.17) is 10.5 Å². The highest BCUT2D eigenvalue weighted by atomic mass is 19.1. The Morgan fingerprint density at radius 3 is 2.85 bits per heavy atom. The van der Waals surface area contributed by atoms with Crippen molar-refractivity contribution in [3.05, 3.63) is 47.2 Å². The molecule has 3 rings (SSSR count). The summed E-state index contributed by atoms with van der Waals surface area (Å²) in [5.74, 6) is 0.619. The Bertz CT molecular complexity index is 631. The van der Waals surface area contributed by atoms with Crippen LogP contribution in [0.2, 0.25) is 0 Å². The standard InChI is InChI=1S/C15H16FN3O/c16-13-7-11(6-5-10(13)8-17)20-15-12-3-1-2-4-14(12)18-9-19-15/h5-7,9H,1-4,8,17H2. The summed E-state index contributed by atoms with van der Waals surface area (Å²) >= 11 is 0. The minimum atomic E-state index is -0.354. The second kappa shape index (κ2) is 5.54. The number of aromatic nitrogens is 2. The number of ether oxygens (including phenoxy) is 1. The smallest absolute Gasteiger partial charge is 0.225 e. The van der Waals surface area contributed by atoms with Crippen LogP contribution in [0.5, 0.6) is 11.6 Å². The maximum absolute atomic E-state index is 13.7. The molecule has 0 atom stereocenters. The number of hydrogen-bond donors (Lipinski definition) is 1. The fourth-order valence-corrected chi connectivity index (χ4v) is 2.45. The topological polar surface area (TPSA) is 61.0 Å². The van der Waals surface area contributed by atoms with E-state index in [9.17, 15) is 4.39 Å². The third-order valence-electron chi connectivity index (χ3n) is 3.54. The summed E-state index contributed by atoms with van der Waals surface area (Å²) in [5, 5.41) is 0. The monoisotopic (exact) mass is 273 g/mol. The minimum Gasteiger partial charge on any atom is -0.439 e. The number of aryl methyl sites for hydroxylation is 1. The first-order valence-corrected chi connectivity index (χ1v) is 6.77. The largest absolute Gasteiger partial charge is 0.439 e. The molecule has 0 fully saturated rings. The molecule has 104 valence electrons. The summed E-state index contributed by atoms with van der Waals surface area (Å²) in [5.41, 5.74) is 8.00. The van der Waals surface area contributed by atoms with Gasteiger partial charge in [0, 0.05) is 23.7 Å². The second-order valence-electron chi connectivity index (χ2n) is 4.87. The summed E-state index contributed by atoms with van der Waals surface area (Å²) in [6.07, 6.45) is 5.62. The molecule has 0 saturated carbocycles. The van der Waals surface area contributed by atoms with Gasteiger partial charge >= 0.3 is 0 Å². The van der Waals surface area contributed by atoms with Crippen LogP contribution < -0.4 is 10.5 Å². The Balaban J connectivity index is 1.90. The normalized spacial score (nSPS) is 13.9. The highest BCUT2D eigenvalue weighted by Crippen LogP contribution is 2.30. The Morgan fingerprint density at radius 2 is 2.05 bits per heavy atom. The van der Waals surface area contributed by atoms with E-state index in [-0.39, 0.29) is 12.4 Å². The number of benzene rings is 1. The zero-order chi connectivity index (χ0) is 13.9. The van der Waals surface area contributed by atoms with Crippen molar-refractivity contribution in [3.8, 4) is 11.6 Å². The molecule has 0 bridgehead atoms. The van der Waals surface area contributed by atoms with Crippen LogP contribution >= 0.6 is 0 Å². The van der Waals surface area contributed by atoms with Crippen LogP contribution in [0.3, 0.4) is 0 Å². The van der Waals surface area contributed by atoms with Crippen LogP contribution in [-0.2, 0) is 19.4 Å². The van der Waals surface area contributed by atoms with Crippen molar-refractivity contribution < 1.29 is 9.13 Å². The maximum atomic E-state index is 13.7. The number of hydrogen-bond acceptors (Lipinski definition) is 4. The van der Waals surface area contributed by atoms with Crippen LogP contribution in [-0.4, -0.2) is 9.97 Å². The highest BCUT2D eigenvalue weighted by Gasteiger charge is 2.17. The average molecular weight is 273 g/mol. The molecule has 2 N–H and O–H groups in total. The van der Waals surface area contributed by atoms with Crippen molar-refractivity contribution in [2.75, 3.05) is 0 Å². The second-order valence-corrected chi connectivity index (χ2v) is 4.87. The van der Waals surface area contributed by atoms with E-state index in [1.807, 2.05) is 0 Å². The van der Waals surface area contributed by atoms with Crippen LogP contribution in [0.1, 0.15) is 29.7 Å². The Morgan fingerprint density at radius 1 is 1.20 bits per heavy atom. The number of nitrogens with zero attached hydrogens (tertiary/aromatic N) is 2. The first-order valence-electron chi connectivity index (χ1n) is 6.77. The Labute approximate surface area is 116 Å². The van der Waals surface area contributed by atoms with Crippen molar-refractivity contribution in [2.45, 2.75) is 32.2 Å². The molecular formula is C15H16FN3O. The molecule has 2 aromatic rings. The summed E-state index contributed by atoms with van der Waals surface area (Å²) in [6.45, 7) is 0.176. The molecule has 20 heavy (non-hydrogen) atoms. The summed E-state index contributed by atoms with van der Waals surface area (Å²) < 4.78 is 19.4. The molecule has 0 aliphatic heterocycles. The molecule has 0 saturated heterocycles. The zero-order valence-corrected chi connectivity index (χ0v) is 11.1. The number of fused-ring (bicyclic) bond motifs is 1. The lowest BCUT2D eigenvalue weighted by molar-refractivity contribution is 0.442. The molecule has 0 unspecified atom stereocenters. The van der Waals surface area contributed by atoms with Crippen molar-refractivity contribution in [1.29, 1.82) is 0 Å². The lowest BCUT2D eigenvalue weighted by atomic mass is 9.97. The molecule has 4 nitrogen and oxygen atoms in total. The number of halogens is 1. The predicted molar refractivity (Wildman–Crippen MR) is 73.0 cm³/mol. The maximum Gasteiger partial charge on any atom is 0.225 e. The quantitative estimate of drug-likeness (QED) is 0.934. The van der Waals surface area contributed by atoms with Crippen LogP contribution in [0, 0.1) is 5.82 Å². The van der Waals surface area contributed by atoms with Crippen molar-refractivity contribution >= 4 is 0 Å². The Kier molecular flexibility index (Phi) is 3.60. The van der Waals surface area contributed by atoms with Crippen molar-refractivity contribution in [1.82, 2.24) is 9.97 Å². The van der Waals surface area contributed by atoms with Gasteiger partial charge in [0.1, 0.15) is 17.9 Å². The van der Waals surface area contributed by atoms with Gasteiger partial charge in [-0.3, -0.25) is 0 Å². The van der Waals surface area contributed by atoms with Gasteiger partial charge in [0.05, 0.1) is 5.69 Å². The van der Waals surface area contributed by atoms with Gasteiger partial charge in [-0.25, -0.2) is 14.4 Å². The van der Waals surface area contributed by atoms with E-state index >= 15 is 0 Å². The molecule has 1 aliphatic rings. The van der Waals surface area contributed by atoms with Gasteiger partial charge in [0.2, 0.25) is 5.88 Å². The molecule has 1 aliphatic carbocycles. The SMILES string of the molecule is NCc1ccc(Oc2ncnc3c2CCCC3)cc1F. The molecule has 0 spiro atoms. The molecule has 0 radical (unpaired) electrons. The average Bonchev–Trinajstić information content (AvgIpc) is 2.48. The van der Waals surface area contributed by atoms with E-state index in [2.05, 4.69) is 9.97 Å². The summed E-state index contributed by atoms with van der Waals surface area (Å²) in [6, 6.07) is 4.69. The highest BCUT2D eigenvalue weighted by molar-refractivity contribution is 5.37. The predicted octanol–water partition coefficient (Wildman–Crippen LogP) is 2.75. The lowest BCUT2D eigenvalue weighted by Gasteiger charge is -2.17. The van der Waals surface area contributed by atoms with Gasteiger partial charge in [-0.2, -0.15) is 0 Å². The fraction of sp³-hybridized carbons (Fsp3) is 0.333. The van der Waals surface area contributed by atoms with Crippen LogP contribution in [0.25, 0.3) is 0 Å². The molecule has 1 aromatic carbocycles. The fourth-order valence-electron chi connectivity index (χ4n) is 2.45. The van der Waals surface area contributed by atoms with Gasteiger partial charge in [0.15, 0.2) is 0 Å². The van der Waals surface area contributed by atoms with Crippen molar-refractivity contribution in [3.63, 3.8) is 0 Å². The van der Waals surface area contributed by atoms with E-state index < -0.39 is 0 Å². The molecule has 0 amide bonds. The molecule has 5 heteroatoms. The van der Waals surface area contributed by atoms with E-state index in [0.29, 0.717) is 17.2 Å². The summed E-state index contributed by atoms with van der Waals surface area (Å²) in [7, 11) is 0. The Hall–Kier alpha value is -2.01. The lowest BCUT2D eigenvalue weighted by Crippen LogP contribution is -2.08. The number of nitrogens with two attached hydrogens (primary N) is 1. The summed E-state index contributed by atoms with van der Waals surface area (Å²) in [4.78, 5) is 8.46. The third kappa shape index (κ3) is 2.49. The van der Waals surface area contributed by atoms with Crippen LogP contribution in [0.4, 0.5) is 4.39 Å².